The third-order valence-electron chi connectivity index (χ3n) is 4.33. The summed E-state index contributed by atoms with van der Waals surface area (Å²) in [6.45, 7) is 5.16. The molecule has 1 fully saturated rings. The van der Waals surface area contributed by atoms with Gasteiger partial charge in [0, 0.05) is 32.1 Å². The number of hydrogen-bond donors (Lipinski definition) is 3. The average Bonchev–Trinajstić information content (AvgIpc) is 3.13. The van der Waals surface area contributed by atoms with Crippen molar-refractivity contribution in [2.75, 3.05) is 37.2 Å². The Balaban J connectivity index is 1.64. The van der Waals surface area contributed by atoms with E-state index >= 15 is 0 Å². The standard InChI is InChI=1S/C16H21N7O3/c1-9(2)15(25)22-3-5-23(6-4-22)16(26)14(24)20-11-8-18-13(17)10-7-19-21-12(10)11/h7-9H,3-6H2,1-2H3,(H2,17,18)(H,19,21)(H,20,24). The van der Waals surface area contributed by atoms with Crippen molar-refractivity contribution in [1.82, 2.24) is 25.0 Å². The number of hydrogen-bond acceptors (Lipinski definition) is 6. The van der Waals surface area contributed by atoms with E-state index in [4.69, 9.17) is 5.73 Å². The van der Waals surface area contributed by atoms with E-state index in [0.717, 1.165) is 0 Å². The fourth-order valence-electron chi connectivity index (χ4n) is 2.86. The number of nitrogen functional groups attached to an aromatic ring is 1. The highest BCUT2D eigenvalue weighted by Gasteiger charge is 2.29. The number of pyridine rings is 1. The number of piperazine rings is 1. The number of nitrogens with zero attached hydrogens (tertiary/aromatic N) is 4. The molecule has 138 valence electrons. The number of aromatic nitrogens is 3. The third-order valence-corrected chi connectivity index (χ3v) is 4.33. The van der Waals surface area contributed by atoms with Crippen LogP contribution in [0.25, 0.3) is 10.9 Å². The molecule has 3 heterocycles. The number of nitrogens with one attached hydrogen (secondary N) is 2. The summed E-state index contributed by atoms with van der Waals surface area (Å²) >= 11 is 0. The Labute approximate surface area is 149 Å². The van der Waals surface area contributed by atoms with Crippen LogP contribution in [0.3, 0.4) is 0 Å². The first-order valence-electron chi connectivity index (χ1n) is 8.35. The van der Waals surface area contributed by atoms with Crippen LogP contribution < -0.4 is 11.1 Å². The molecule has 0 radical (unpaired) electrons. The molecular weight excluding hydrogens is 338 g/mol. The smallest absolute Gasteiger partial charge is 0.314 e. The molecule has 0 aliphatic carbocycles. The van der Waals surface area contributed by atoms with Gasteiger partial charge < -0.3 is 20.9 Å². The number of amides is 3. The van der Waals surface area contributed by atoms with Crippen molar-refractivity contribution in [3.63, 3.8) is 0 Å². The number of H-pyrrole nitrogens is 1. The molecule has 0 aromatic carbocycles. The maximum atomic E-state index is 12.4. The zero-order valence-electron chi connectivity index (χ0n) is 14.7. The first-order valence-corrected chi connectivity index (χ1v) is 8.35. The van der Waals surface area contributed by atoms with Gasteiger partial charge in [0.25, 0.3) is 0 Å². The maximum Gasteiger partial charge on any atom is 0.314 e. The highest BCUT2D eigenvalue weighted by molar-refractivity contribution is 6.40. The largest absolute Gasteiger partial charge is 0.383 e. The molecule has 10 heteroatoms. The van der Waals surface area contributed by atoms with Crippen LogP contribution in [-0.2, 0) is 14.4 Å². The summed E-state index contributed by atoms with van der Waals surface area (Å²) < 4.78 is 0. The Bertz CT molecular complexity index is 853. The van der Waals surface area contributed by atoms with Crippen molar-refractivity contribution in [3.8, 4) is 0 Å². The first-order chi connectivity index (χ1) is 12.4. The second-order valence-corrected chi connectivity index (χ2v) is 6.44. The van der Waals surface area contributed by atoms with Crippen molar-refractivity contribution in [3.05, 3.63) is 12.4 Å². The van der Waals surface area contributed by atoms with Crippen LogP contribution in [-0.4, -0.2) is 68.9 Å². The highest BCUT2D eigenvalue weighted by atomic mass is 16.2. The van der Waals surface area contributed by atoms with Crippen molar-refractivity contribution in [2.24, 2.45) is 5.92 Å². The van der Waals surface area contributed by atoms with E-state index in [0.29, 0.717) is 42.8 Å². The van der Waals surface area contributed by atoms with Crippen LogP contribution in [0.1, 0.15) is 13.8 Å². The molecule has 1 aliphatic rings. The number of anilines is 2. The van der Waals surface area contributed by atoms with Crippen LogP contribution in [0.4, 0.5) is 11.5 Å². The second-order valence-electron chi connectivity index (χ2n) is 6.44. The minimum Gasteiger partial charge on any atom is -0.383 e. The molecular formula is C16H21N7O3. The lowest BCUT2D eigenvalue weighted by Gasteiger charge is -2.35. The fourth-order valence-corrected chi connectivity index (χ4v) is 2.86. The topological polar surface area (TPSA) is 137 Å². The predicted octanol–water partition coefficient (Wildman–Crippen LogP) is -0.195. The Morgan fingerprint density at radius 3 is 2.46 bits per heavy atom. The maximum absolute atomic E-state index is 12.4. The Kier molecular flexibility index (Phi) is 4.74. The molecule has 1 aliphatic heterocycles. The minimum atomic E-state index is -0.767. The molecule has 1 saturated heterocycles. The van der Waals surface area contributed by atoms with Crippen molar-refractivity contribution < 1.29 is 14.4 Å². The Morgan fingerprint density at radius 2 is 1.81 bits per heavy atom. The molecule has 2 aromatic rings. The van der Waals surface area contributed by atoms with E-state index in [1.807, 2.05) is 13.8 Å². The van der Waals surface area contributed by atoms with E-state index < -0.39 is 11.8 Å². The van der Waals surface area contributed by atoms with E-state index in [9.17, 15) is 14.4 Å². The lowest BCUT2D eigenvalue weighted by Crippen LogP contribution is -2.53. The Morgan fingerprint density at radius 1 is 1.15 bits per heavy atom. The summed E-state index contributed by atoms with van der Waals surface area (Å²) in [6, 6.07) is 0. The van der Waals surface area contributed by atoms with Gasteiger partial charge in [-0.3, -0.25) is 19.5 Å². The van der Waals surface area contributed by atoms with Crippen LogP contribution in [0.2, 0.25) is 0 Å². The normalized spacial score (nSPS) is 14.7. The molecule has 0 atom stereocenters. The van der Waals surface area contributed by atoms with E-state index in [2.05, 4.69) is 20.5 Å². The number of fused-ring (bicyclic) bond motifs is 1. The fraction of sp³-hybridized carbons (Fsp3) is 0.438. The van der Waals surface area contributed by atoms with Gasteiger partial charge in [-0.15, -0.1) is 0 Å². The third kappa shape index (κ3) is 3.30. The molecule has 0 unspecified atom stereocenters. The quantitative estimate of drug-likeness (QED) is 0.635. The van der Waals surface area contributed by atoms with Gasteiger partial charge >= 0.3 is 11.8 Å². The average molecular weight is 359 g/mol. The van der Waals surface area contributed by atoms with Crippen LogP contribution >= 0.6 is 0 Å². The van der Waals surface area contributed by atoms with E-state index in [1.165, 1.54) is 17.3 Å². The van der Waals surface area contributed by atoms with Gasteiger partial charge in [0.05, 0.1) is 29.0 Å². The SMILES string of the molecule is CC(C)C(=O)N1CCN(C(=O)C(=O)Nc2cnc(N)c3cn[nH]c23)CC1. The molecule has 3 amide bonds. The molecule has 4 N–H and O–H groups in total. The molecule has 26 heavy (non-hydrogen) atoms. The summed E-state index contributed by atoms with van der Waals surface area (Å²) in [5.41, 5.74) is 6.58. The minimum absolute atomic E-state index is 0.0520. The van der Waals surface area contributed by atoms with Gasteiger partial charge in [-0.2, -0.15) is 5.10 Å². The number of rotatable bonds is 2. The number of carbonyl (C=O) groups excluding carboxylic acids is 3. The van der Waals surface area contributed by atoms with Gasteiger partial charge in [-0.25, -0.2) is 4.98 Å². The van der Waals surface area contributed by atoms with E-state index in [-0.39, 0.29) is 17.6 Å². The molecule has 2 aromatic heterocycles. The van der Waals surface area contributed by atoms with Crippen LogP contribution in [0, 0.1) is 5.92 Å². The monoisotopic (exact) mass is 359 g/mol. The molecule has 3 rings (SSSR count). The number of nitrogens with two attached hydrogens (primary N) is 1. The molecule has 0 bridgehead atoms. The number of carbonyl (C=O) groups is 3. The number of aromatic amines is 1. The summed E-state index contributed by atoms with van der Waals surface area (Å²) in [5, 5.41) is 9.72. The Hall–Kier alpha value is -3.17. The summed E-state index contributed by atoms with van der Waals surface area (Å²) in [4.78, 5) is 43.8. The van der Waals surface area contributed by atoms with Crippen molar-refractivity contribution >= 4 is 40.1 Å². The first kappa shape index (κ1) is 17.6. The van der Waals surface area contributed by atoms with E-state index in [1.54, 1.807) is 4.90 Å². The van der Waals surface area contributed by atoms with Gasteiger partial charge in [-0.05, 0) is 0 Å². The van der Waals surface area contributed by atoms with Gasteiger partial charge in [0.15, 0.2) is 0 Å². The van der Waals surface area contributed by atoms with Gasteiger partial charge in [0.2, 0.25) is 5.91 Å². The van der Waals surface area contributed by atoms with Gasteiger partial charge in [-0.1, -0.05) is 13.8 Å². The predicted molar refractivity (Wildman–Crippen MR) is 94.9 cm³/mol. The summed E-state index contributed by atoms with van der Waals surface area (Å²) in [5.74, 6) is -1.17. The van der Waals surface area contributed by atoms with Crippen molar-refractivity contribution in [1.29, 1.82) is 0 Å². The molecule has 0 spiro atoms. The lowest BCUT2D eigenvalue weighted by molar-refractivity contribution is -0.146. The van der Waals surface area contributed by atoms with Crippen LogP contribution in [0.15, 0.2) is 12.4 Å². The molecule has 10 nitrogen and oxygen atoms in total. The van der Waals surface area contributed by atoms with Gasteiger partial charge in [0.1, 0.15) is 5.82 Å². The second kappa shape index (κ2) is 6.98. The summed E-state index contributed by atoms with van der Waals surface area (Å²) in [7, 11) is 0. The lowest BCUT2D eigenvalue weighted by atomic mass is 10.1. The zero-order valence-corrected chi connectivity index (χ0v) is 14.7. The highest BCUT2D eigenvalue weighted by Crippen LogP contribution is 2.23. The van der Waals surface area contributed by atoms with Crippen molar-refractivity contribution in [2.45, 2.75) is 13.8 Å². The zero-order chi connectivity index (χ0) is 18.8. The van der Waals surface area contributed by atoms with Crippen LogP contribution in [0.5, 0.6) is 0 Å². The summed E-state index contributed by atoms with van der Waals surface area (Å²) in [6.07, 6.45) is 2.88. The molecule has 0 saturated carbocycles.